The Bertz CT molecular complexity index is 584. The minimum Gasteiger partial charge on any atom is -0.331 e. The maximum Gasteiger partial charge on any atom is 0.269 e. The van der Waals surface area contributed by atoms with Gasteiger partial charge in [0.2, 0.25) is 5.91 Å². The van der Waals surface area contributed by atoms with Crippen LogP contribution in [0.3, 0.4) is 0 Å². The number of nitrogens with two attached hydrogens (primary N) is 1. The van der Waals surface area contributed by atoms with Crippen LogP contribution in [0.2, 0.25) is 0 Å². The van der Waals surface area contributed by atoms with Gasteiger partial charge in [-0.25, -0.2) is 0 Å². The van der Waals surface area contributed by atoms with Gasteiger partial charge < -0.3 is 10.6 Å². The smallest absolute Gasteiger partial charge is 0.269 e. The first-order valence-electron chi connectivity index (χ1n) is 7.89. The Morgan fingerprint density at radius 3 is 2.64 bits per heavy atom. The second-order valence-corrected chi connectivity index (χ2v) is 6.24. The van der Waals surface area contributed by atoms with Crippen LogP contribution >= 0.6 is 0 Å². The molecule has 2 unspecified atom stereocenters. The van der Waals surface area contributed by atoms with Crippen LogP contribution in [0.1, 0.15) is 50.1 Å². The Morgan fingerprint density at radius 2 is 1.95 bits per heavy atom. The molecule has 0 aromatic heterocycles. The van der Waals surface area contributed by atoms with E-state index in [0.717, 1.165) is 31.2 Å². The molecule has 2 atom stereocenters. The highest BCUT2D eigenvalue weighted by atomic mass is 16.6. The number of nitro groups is 1. The molecule has 0 bridgehead atoms. The van der Waals surface area contributed by atoms with Gasteiger partial charge in [0.05, 0.1) is 11.0 Å². The minimum absolute atomic E-state index is 0.0501. The van der Waals surface area contributed by atoms with E-state index in [2.05, 4.69) is 0 Å². The fraction of sp³-hybridized carbons (Fsp3) is 0.562. The molecular formula is C16H21N3O3. The van der Waals surface area contributed by atoms with E-state index in [1.54, 1.807) is 12.1 Å². The predicted octanol–water partition coefficient (Wildman–Crippen LogP) is 2.53. The topological polar surface area (TPSA) is 89.5 Å². The summed E-state index contributed by atoms with van der Waals surface area (Å²) in [5, 5.41) is 11.0. The lowest BCUT2D eigenvalue weighted by molar-refractivity contribution is -0.385. The highest BCUT2D eigenvalue weighted by molar-refractivity contribution is 5.78. The third-order valence-electron chi connectivity index (χ3n) is 4.83. The average molecular weight is 303 g/mol. The third-order valence-corrected chi connectivity index (χ3v) is 4.83. The molecular weight excluding hydrogens is 282 g/mol. The van der Waals surface area contributed by atoms with Gasteiger partial charge in [0.1, 0.15) is 0 Å². The zero-order chi connectivity index (χ0) is 15.7. The molecule has 6 heteroatoms. The van der Waals surface area contributed by atoms with Crippen LogP contribution in [0, 0.1) is 10.1 Å². The highest BCUT2D eigenvalue weighted by Crippen LogP contribution is 2.38. The molecule has 2 N–H and O–H groups in total. The summed E-state index contributed by atoms with van der Waals surface area (Å²) in [6.45, 7) is 0. The highest BCUT2D eigenvalue weighted by Gasteiger charge is 2.40. The van der Waals surface area contributed by atoms with Gasteiger partial charge in [-0.1, -0.05) is 25.0 Å². The summed E-state index contributed by atoms with van der Waals surface area (Å²) in [7, 11) is 0. The number of carbonyl (C=O) groups is 1. The Morgan fingerprint density at radius 1 is 1.23 bits per heavy atom. The van der Waals surface area contributed by atoms with Crippen LogP contribution in [0.4, 0.5) is 5.69 Å². The van der Waals surface area contributed by atoms with Crippen LogP contribution in [0.15, 0.2) is 24.3 Å². The number of carbonyl (C=O) groups excluding carboxylic acids is 1. The number of rotatable bonds is 3. The largest absolute Gasteiger partial charge is 0.331 e. The number of nitro benzene ring substituents is 1. The molecule has 0 radical (unpaired) electrons. The van der Waals surface area contributed by atoms with E-state index in [-0.39, 0.29) is 29.7 Å². The first-order valence-corrected chi connectivity index (χ1v) is 7.89. The molecule has 1 aliphatic carbocycles. The van der Waals surface area contributed by atoms with Gasteiger partial charge in [-0.2, -0.15) is 0 Å². The summed E-state index contributed by atoms with van der Waals surface area (Å²) in [6.07, 6.45) is 5.38. The summed E-state index contributed by atoms with van der Waals surface area (Å²) >= 11 is 0. The van der Waals surface area contributed by atoms with E-state index in [9.17, 15) is 14.9 Å². The summed E-state index contributed by atoms with van der Waals surface area (Å²) in [5.41, 5.74) is 7.12. The Kier molecular flexibility index (Phi) is 4.11. The fourth-order valence-corrected chi connectivity index (χ4v) is 3.78. The molecule has 1 aromatic carbocycles. The maximum atomic E-state index is 12.5. The third kappa shape index (κ3) is 2.70. The van der Waals surface area contributed by atoms with Gasteiger partial charge in [-0.05, 0) is 24.8 Å². The van der Waals surface area contributed by atoms with Gasteiger partial charge in [0.25, 0.3) is 5.69 Å². The molecule has 1 heterocycles. The number of amides is 1. The zero-order valence-corrected chi connectivity index (χ0v) is 12.5. The van der Waals surface area contributed by atoms with Crippen molar-refractivity contribution in [2.45, 2.75) is 56.7 Å². The lowest BCUT2D eigenvalue weighted by atomic mass is 9.88. The molecule has 1 amide bonds. The van der Waals surface area contributed by atoms with Crippen molar-refractivity contribution in [2.75, 3.05) is 0 Å². The molecule has 1 saturated heterocycles. The number of benzene rings is 1. The number of likely N-dealkylation sites (tertiary alicyclic amines) is 1. The maximum absolute atomic E-state index is 12.5. The van der Waals surface area contributed by atoms with E-state index in [1.807, 2.05) is 11.0 Å². The number of piperidine rings is 1. The normalized spacial score (nSPS) is 26.4. The monoisotopic (exact) mass is 303 g/mol. The van der Waals surface area contributed by atoms with E-state index >= 15 is 0 Å². The van der Waals surface area contributed by atoms with Gasteiger partial charge in [-0.15, -0.1) is 0 Å². The molecule has 3 rings (SSSR count). The Balaban J connectivity index is 1.97. The number of hydrogen-bond donors (Lipinski definition) is 1. The van der Waals surface area contributed by atoms with Gasteiger partial charge in [0, 0.05) is 30.6 Å². The standard InChI is InChI=1S/C16H21N3O3/c17-14-8-9-15(20)18(12-5-1-2-6-12)16(14)11-4-3-7-13(10-11)19(21)22/h3-4,7,10,12,14,16H,1-2,5-6,8-9,17H2. The van der Waals surface area contributed by atoms with Crippen LogP contribution in [-0.4, -0.2) is 27.8 Å². The van der Waals surface area contributed by atoms with Crippen LogP contribution in [0.25, 0.3) is 0 Å². The Labute approximate surface area is 129 Å². The molecule has 2 fully saturated rings. The molecule has 1 aliphatic heterocycles. The van der Waals surface area contributed by atoms with Crippen molar-refractivity contribution in [1.82, 2.24) is 4.90 Å². The van der Waals surface area contributed by atoms with Crippen molar-refractivity contribution in [1.29, 1.82) is 0 Å². The second-order valence-electron chi connectivity index (χ2n) is 6.24. The van der Waals surface area contributed by atoms with Crippen LogP contribution in [0.5, 0.6) is 0 Å². The molecule has 2 aliphatic rings. The number of hydrogen-bond acceptors (Lipinski definition) is 4. The quantitative estimate of drug-likeness (QED) is 0.686. The number of nitrogens with zero attached hydrogens (tertiary/aromatic N) is 2. The van der Waals surface area contributed by atoms with Gasteiger partial charge in [0.15, 0.2) is 0 Å². The van der Waals surface area contributed by atoms with E-state index in [4.69, 9.17) is 5.73 Å². The van der Waals surface area contributed by atoms with Crippen LogP contribution in [-0.2, 0) is 4.79 Å². The lowest BCUT2D eigenvalue weighted by Crippen LogP contribution is -2.52. The van der Waals surface area contributed by atoms with E-state index in [1.165, 1.54) is 6.07 Å². The number of non-ortho nitro benzene ring substituents is 1. The van der Waals surface area contributed by atoms with Crippen LogP contribution < -0.4 is 5.73 Å². The van der Waals surface area contributed by atoms with Gasteiger partial charge >= 0.3 is 0 Å². The molecule has 22 heavy (non-hydrogen) atoms. The SMILES string of the molecule is NC1CCC(=O)N(C2CCCC2)C1c1cccc([N+](=O)[O-])c1. The summed E-state index contributed by atoms with van der Waals surface area (Å²) in [6, 6.07) is 6.36. The van der Waals surface area contributed by atoms with Crippen molar-refractivity contribution in [3.8, 4) is 0 Å². The first kappa shape index (κ1) is 15.0. The Hall–Kier alpha value is -1.95. The average Bonchev–Trinajstić information content (AvgIpc) is 3.03. The molecule has 0 spiro atoms. The summed E-state index contributed by atoms with van der Waals surface area (Å²) in [4.78, 5) is 25.0. The molecule has 1 saturated carbocycles. The predicted molar refractivity (Wildman–Crippen MR) is 82.1 cm³/mol. The van der Waals surface area contributed by atoms with E-state index in [0.29, 0.717) is 12.8 Å². The zero-order valence-electron chi connectivity index (χ0n) is 12.5. The lowest BCUT2D eigenvalue weighted by Gasteiger charge is -2.43. The van der Waals surface area contributed by atoms with Crippen molar-refractivity contribution in [3.05, 3.63) is 39.9 Å². The van der Waals surface area contributed by atoms with Crippen molar-refractivity contribution >= 4 is 11.6 Å². The summed E-state index contributed by atoms with van der Waals surface area (Å²) < 4.78 is 0. The van der Waals surface area contributed by atoms with Crippen molar-refractivity contribution < 1.29 is 9.72 Å². The first-order chi connectivity index (χ1) is 10.6. The van der Waals surface area contributed by atoms with Crippen molar-refractivity contribution in [3.63, 3.8) is 0 Å². The summed E-state index contributed by atoms with van der Waals surface area (Å²) in [5.74, 6) is 0.130. The minimum atomic E-state index is -0.403. The van der Waals surface area contributed by atoms with E-state index < -0.39 is 4.92 Å². The second kappa shape index (κ2) is 6.04. The molecule has 118 valence electrons. The van der Waals surface area contributed by atoms with Gasteiger partial charge in [-0.3, -0.25) is 14.9 Å². The fourth-order valence-electron chi connectivity index (χ4n) is 3.78. The molecule has 1 aromatic rings. The van der Waals surface area contributed by atoms with Crippen molar-refractivity contribution in [2.24, 2.45) is 5.73 Å². The molecule has 6 nitrogen and oxygen atoms in total.